The fourth-order valence-electron chi connectivity index (χ4n) is 6.27. The van der Waals surface area contributed by atoms with E-state index < -0.39 is 0 Å². The van der Waals surface area contributed by atoms with Crippen LogP contribution in [0.25, 0.3) is 22.5 Å². The Morgan fingerprint density at radius 3 is 2.37 bits per heavy atom. The Hall–Kier alpha value is -3.46. The molecule has 212 valence electrons. The Labute approximate surface area is 249 Å². The average molecular weight is 591 g/mol. The van der Waals surface area contributed by atoms with Gasteiger partial charge in [-0.25, -0.2) is 14.5 Å². The van der Waals surface area contributed by atoms with Crippen molar-refractivity contribution >= 4 is 51.6 Å². The highest BCUT2D eigenvalue weighted by molar-refractivity contribution is 6.37. The Morgan fingerprint density at radius 2 is 1.76 bits per heavy atom. The van der Waals surface area contributed by atoms with E-state index in [1.807, 2.05) is 0 Å². The van der Waals surface area contributed by atoms with Crippen LogP contribution in [-0.2, 0) is 5.41 Å². The highest BCUT2D eigenvalue weighted by Crippen LogP contribution is 2.49. The Balaban J connectivity index is 1.34. The lowest BCUT2D eigenvalue weighted by Gasteiger charge is -2.51. The van der Waals surface area contributed by atoms with Crippen LogP contribution in [0, 0.1) is 5.92 Å². The maximum atomic E-state index is 13.6. The van der Waals surface area contributed by atoms with E-state index in [1.165, 1.54) is 42.0 Å². The topological polar surface area (TPSA) is 80.4 Å². The molecule has 0 aliphatic heterocycles. The van der Waals surface area contributed by atoms with E-state index in [-0.39, 0.29) is 11.0 Å². The van der Waals surface area contributed by atoms with Gasteiger partial charge in [-0.1, -0.05) is 61.7 Å². The van der Waals surface area contributed by atoms with Crippen LogP contribution in [0.2, 0.25) is 10.0 Å². The van der Waals surface area contributed by atoms with Crippen LogP contribution in [0.4, 0.5) is 11.6 Å². The third-order valence-electron chi connectivity index (χ3n) is 8.33. The number of halogens is 2. The van der Waals surface area contributed by atoms with Gasteiger partial charge < -0.3 is 10.2 Å². The van der Waals surface area contributed by atoms with Crippen molar-refractivity contribution in [2.24, 2.45) is 5.92 Å². The number of hydrogen-bond donors (Lipinski definition) is 1. The van der Waals surface area contributed by atoms with Gasteiger partial charge in [0.25, 0.3) is 5.56 Å². The fourth-order valence-corrected chi connectivity index (χ4v) is 6.84. The van der Waals surface area contributed by atoms with E-state index >= 15 is 0 Å². The number of nitrogens with one attached hydrogen (secondary N) is 1. The first-order valence-corrected chi connectivity index (χ1v) is 14.7. The maximum absolute atomic E-state index is 13.6. The summed E-state index contributed by atoms with van der Waals surface area (Å²) in [5.74, 6) is 1.38. The number of nitrogens with zero attached hydrogens (tertiary/aromatic N) is 6. The molecule has 3 aromatic heterocycles. The SMILES string of the molecule is CC(C)CC(N(C)C)C1(c2ccc(Nc3ncc4c(=O)n(-c5c(Cl)cccc5Cl)c5nccn5c4n3)cc2)CCC1. The monoisotopic (exact) mass is 589 g/mol. The highest BCUT2D eigenvalue weighted by atomic mass is 35.5. The van der Waals surface area contributed by atoms with Crippen LogP contribution in [0.1, 0.15) is 45.1 Å². The summed E-state index contributed by atoms with van der Waals surface area (Å²) in [6, 6.07) is 14.3. The van der Waals surface area contributed by atoms with Gasteiger partial charge in [0.2, 0.25) is 11.7 Å². The largest absolute Gasteiger partial charge is 0.324 e. The van der Waals surface area contributed by atoms with Gasteiger partial charge >= 0.3 is 0 Å². The van der Waals surface area contributed by atoms with Gasteiger partial charge in [0, 0.05) is 35.7 Å². The number of anilines is 2. The Morgan fingerprint density at radius 1 is 1.05 bits per heavy atom. The lowest BCUT2D eigenvalue weighted by molar-refractivity contribution is 0.0808. The third-order valence-corrected chi connectivity index (χ3v) is 8.94. The summed E-state index contributed by atoms with van der Waals surface area (Å²) in [5.41, 5.74) is 2.90. The lowest BCUT2D eigenvalue weighted by Crippen LogP contribution is -2.52. The molecule has 41 heavy (non-hydrogen) atoms. The second-order valence-electron chi connectivity index (χ2n) is 11.6. The van der Waals surface area contributed by atoms with Crippen LogP contribution in [0.5, 0.6) is 0 Å². The van der Waals surface area contributed by atoms with Gasteiger partial charge in [-0.05, 0) is 69.1 Å². The Kier molecular flexibility index (Phi) is 7.26. The number of benzene rings is 2. The molecule has 2 aromatic carbocycles. The Bertz CT molecular complexity index is 1770. The van der Waals surface area contributed by atoms with Crippen LogP contribution < -0.4 is 10.9 Å². The number of imidazole rings is 1. The number of para-hydroxylation sites is 1. The van der Waals surface area contributed by atoms with E-state index in [1.54, 1.807) is 35.0 Å². The van der Waals surface area contributed by atoms with E-state index in [0.717, 1.165) is 5.69 Å². The van der Waals surface area contributed by atoms with Crippen LogP contribution in [-0.4, -0.2) is 49.0 Å². The minimum atomic E-state index is -0.354. The molecule has 6 rings (SSSR count). The molecular formula is C31H33Cl2N7O. The second kappa shape index (κ2) is 10.7. The standard InChI is InChI=1S/C31H33Cl2N7O/c1-19(2)17-25(38(3)4)31(13-6-14-31)20-9-11-21(12-10-20)36-29-35-18-22-27(37-29)39-16-15-34-30(39)40(28(22)41)26-23(32)7-5-8-24(26)33/h5,7-12,15-16,18-19,25H,6,13-14,17H2,1-4H3,(H,35,36,37). The maximum Gasteiger partial charge on any atom is 0.270 e. The average Bonchev–Trinajstić information content (AvgIpc) is 3.40. The van der Waals surface area contributed by atoms with E-state index in [9.17, 15) is 4.79 Å². The third kappa shape index (κ3) is 4.78. The normalized spacial score (nSPS) is 15.5. The molecule has 0 spiro atoms. The number of fused-ring (bicyclic) bond motifs is 3. The number of rotatable bonds is 8. The molecule has 1 atom stereocenters. The van der Waals surface area contributed by atoms with Gasteiger partial charge in [-0.15, -0.1) is 0 Å². The number of aromatic nitrogens is 5. The van der Waals surface area contributed by atoms with Crippen molar-refractivity contribution in [1.82, 2.24) is 28.8 Å². The second-order valence-corrected chi connectivity index (χ2v) is 12.4. The molecule has 1 unspecified atom stereocenters. The smallest absolute Gasteiger partial charge is 0.270 e. The van der Waals surface area contributed by atoms with Crippen molar-refractivity contribution < 1.29 is 0 Å². The van der Waals surface area contributed by atoms with Crippen molar-refractivity contribution in [3.8, 4) is 5.69 Å². The first-order chi connectivity index (χ1) is 19.7. The molecule has 3 heterocycles. The lowest BCUT2D eigenvalue weighted by atomic mass is 9.58. The minimum Gasteiger partial charge on any atom is -0.324 e. The molecular weight excluding hydrogens is 557 g/mol. The molecule has 1 N–H and O–H groups in total. The van der Waals surface area contributed by atoms with Gasteiger partial charge in [0.15, 0.2) is 5.65 Å². The predicted molar refractivity (Wildman–Crippen MR) is 166 cm³/mol. The number of likely N-dealkylation sites (N-methyl/N-ethyl adjacent to an activating group) is 1. The van der Waals surface area contributed by atoms with Gasteiger partial charge in [0.1, 0.15) is 5.39 Å². The molecule has 0 saturated heterocycles. The zero-order valence-corrected chi connectivity index (χ0v) is 25.1. The van der Waals surface area contributed by atoms with Crippen LogP contribution in [0.15, 0.2) is 65.8 Å². The summed E-state index contributed by atoms with van der Waals surface area (Å²) < 4.78 is 3.14. The van der Waals surface area contributed by atoms with E-state index in [4.69, 9.17) is 28.2 Å². The molecule has 1 aliphatic rings. The fraction of sp³-hybridized carbons (Fsp3) is 0.355. The molecule has 0 bridgehead atoms. The molecule has 0 amide bonds. The summed E-state index contributed by atoms with van der Waals surface area (Å²) in [4.78, 5) is 29.6. The van der Waals surface area contributed by atoms with Gasteiger partial charge in [-0.2, -0.15) is 4.98 Å². The molecule has 1 saturated carbocycles. The van der Waals surface area contributed by atoms with Crippen molar-refractivity contribution in [3.05, 3.63) is 87.0 Å². The number of hydrogen-bond acceptors (Lipinski definition) is 6. The van der Waals surface area contributed by atoms with E-state index in [0.29, 0.717) is 50.5 Å². The molecule has 1 aliphatic carbocycles. The summed E-state index contributed by atoms with van der Waals surface area (Å²) in [5, 5.41) is 4.32. The zero-order valence-electron chi connectivity index (χ0n) is 23.6. The van der Waals surface area contributed by atoms with Gasteiger partial charge in [-0.3, -0.25) is 9.20 Å². The zero-order chi connectivity index (χ0) is 28.9. The summed E-state index contributed by atoms with van der Waals surface area (Å²) in [6.45, 7) is 4.61. The summed E-state index contributed by atoms with van der Waals surface area (Å²) in [6.07, 6.45) is 9.74. The van der Waals surface area contributed by atoms with Crippen molar-refractivity contribution in [2.75, 3.05) is 19.4 Å². The van der Waals surface area contributed by atoms with Gasteiger partial charge in [0.05, 0.1) is 15.7 Å². The quantitative estimate of drug-likeness (QED) is 0.212. The summed E-state index contributed by atoms with van der Waals surface area (Å²) >= 11 is 12.9. The van der Waals surface area contributed by atoms with Crippen LogP contribution >= 0.6 is 23.2 Å². The highest BCUT2D eigenvalue weighted by Gasteiger charge is 2.46. The van der Waals surface area contributed by atoms with Crippen molar-refractivity contribution in [3.63, 3.8) is 0 Å². The molecule has 0 radical (unpaired) electrons. The first kappa shape index (κ1) is 27.7. The first-order valence-electron chi connectivity index (χ1n) is 13.9. The summed E-state index contributed by atoms with van der Waals surface area (Å²) in [7, 11) is 4.41. The van der Waals surface area contributed by atoms with E-state index in [2.05, 4.69) is 72.4 Å². The predicted octanol–water partition coefficient (Wildman–Crippen LogP) is 6.88. The molecule has 1 fully saturated rings. The molecule has 10 heteroatoms. The molecule has 5 aromatic rings. The van der Waals surface area contributed by atoms with Crippen LogP contribution in [0.3, 0.4) is 0 Å². The van der Waals surface area contributed by atoms with Crippen molar-refractivity contribution in [1.29, 1.82) is 0 Å². The molecule has 8 nitrogen and oxygen atoms in total. The minimum absolute atomic E-state index is 0.184. The van der Waals surface area contributed by atoms with Crippen molar-refractivity contribution in [2.45, 2.75) is 51.0 Å².